The number of hydrogen-bond donors (Lipinski definition) is 4. The molecule has 1 aromatic heterocycles. The van der Waals surface area contributed by atoms with Gasteiger partial charge in [-0.2, -0.15) is 5.10 Å². The Bertz CT molecular complexity index is 1260. The third kappa shape index (κ3) is 4.83. The van der Waals surface area contributed by atoms with Crippen molar-refractivity contribution in [3.63, 3.8) is 0 Å². The fraction of sp³-hybridized carbons (Fsp3) is 0.320. The number of ether oxygens (including phenoxy) is 2. The topological polar surface area (TPSA) is 122 Å². The molecule has 2 saturated heterocycles. The number of hydrogen-bond acceptors (Lipinski definition) is 8. The Morgan fingerprint density at radius 2 is 1.92 bits per heavy atom. The fourth-order valence-electron chi connectivity index (χ4n) is 4.43. The summed E-state index contributed by atoms with van der Waals surface area (Å²) in [5.41, 5.74) is 6.10. The largest absolute Gasteiger partial charge is 0.497 e. The molecule has 188 valence electrons. The van der Waals surface area contributed by atoms with Crippen molar-refractivity contribution in [3.8, 4) is 11.5 Å². The molecule has 2 aliphatic rings. The van der Waals surface area contributed by atoms with E-state index in [-0.39, 0.29) is 30.5 Å². The molecule has 2 aromatic carbocycles. The number of fused-ring (bicyclic) bond motifs is 1. The van der Waals surface area contributed by atoms with E-state index in [1.54, 1.807) is 42.1 Å². The average molecular weight is 492 g/mol. The number of aryl methyl sites for hydroxylation is 2. The number of aromatic nitrogens is 2. The predicted molar refractivity (Wildman–Crippen MR) is 133 cm³/mol. The SMILES string of the molecule is COc1ccc(OCC(=O)Nc2cc(C)nn2C2NC(=O)C3CNN(c4cccc(C)c4)C3N2)cc1. The van der Waals surface area contributed by atoms with Crippen LogP contribution in [0.25, 0.3) is 0 Å². The second-order valence-corrected chi connectivity index (χ2v) is 8.83. The highest BCUT2D eigenvalue weighted by molar-refractivity contribution is 5.91. The summed E-state index contributed by atoms with van der Waals surface area (Å²) < 4.78 is 12.3. The van der Waals surface area contributed by atoms with Gasteiger partial charge in [-0.1, -0.05) is 12.1 Å². The number of rotatable bonds is 7. The first-order valence-electron chi connectivity index (χ1n) is 11.7. The standard InChI is InChI=1S/C25H29N7O4/c1-15-5-4-6-17(11-15)31-23-20(13-26-31)24(34)29-25(28-23)32-21(12-16(2)30-32)27-22(33)14-36-19-9-7-18(35-3)8-10-19/h4-12,20,23,25-26,28H,13-14H2,1-3H3,(H,27,33)(H,29,34). The van der Waals surface area contributed by atoms with Gasteiger partial charge in [-0.25, -0.2) is 10.1 Å². The van der Waals surface area contributed by atoms with Gasteiger partial charge in [0.05, 0.1) is 24.4 Å². The second kappa shape index (κ2) is 9.88. The zero-order chi connectivity index (χ0) is 25.2. The van der Waals surface area contributed by atoms with Gasteiger partial charge in [0.2, 0.25) is 5.91 Å². The number of methoxy groups -OCH3 is 1. The van der Waals surface area contributed by atoms with E-state index < -0.39 is 6.29 Å². The summed E-state index contributed by atoms with van der Waals surface area (Å²) in [5.74, 6) is 0.965. The van der Waals surface area contributed by atoms with Crippen molar-refractivity contribution in [2.24, 2.45) is 5.92 Å². The lowest BCUT2D eigenvalue weighted by Gasteiger charge is -2.37. The molecule has 0 saturated carbocycles. The molecular weight excluding hydrogens is 462 g/mol. The van der Waals surface area contributed by atoms with Crippen molar-refractivity contribution in [1.29, 1.82) is 0 Å². The second-order valence-electron chi connectivity index (χ2n) is 8.83. The number of anilines is 2. The number of hydrazine groups is 1. The van der Waals surface area contributed by atoms with Gasteiger partial charge < -0.3 is 20.1 Å². The highest BCUT2D eigenvalue weighted by Gasteiger charge is 2.45. The molecule has 2 fully saturated rings. The summed E-state index contributed by atoms with van der Waals surface area (Å²) in [5, 5.41) is 15.8. The van der Waals surface area contributed by atoms with Gasteiger partial charge in [0.15, 0.2) is 12.9 Å². The van der Waals surface area contributed by atoms with Crippen LogP contribution in [0.2, 0.25) is 0 Å². The monoisotopic (exact) mass is 491 g/mol. The van der Waals surface area contributed by atoms with Gasteiger partial charge in [-0.3, -0.25) is 19.9 Å². The molecule has 3 atom stereocenters. The number of amides is 2. The van der Waals surface area contributed by atoms with Gasteiger partial charge in [-0.05, 0) is 55.8 Å². The van der Waals surface area contributed by atoms with E-state index in [1.165, 1.54) is 0 Å². The molecule has 3 heterocycles. The molecule has 11 heteroatoms. The quantitative estimate of drug-likeness (QED) is 0.394. The summed E-state index contributed by atoms with van der Waals surface area (Å²) in [6.07, 6.45) is -0.950. The molecule has 0 aliphatic carbocycles. The molecule has 2 amide bonds. The highest BCUT2D eigenvalue weighted by Crippen LogP contribution is 2.28. The molecule has 3 aromatic rings. The minimum atomic E-state index is -0.655. The fourth-order valence-corrected chi connectivity index (χ4v) is 4.43. The van der Waals surface area contributed by atoms with Crippen LogP contribution in [0, 0.1) is 19.8 Å². The lowest BCUT2D eigenvalue weighted by atomic mass is 10.0. The molecule has 2 aliphatic heterocycles. The van der Waals surface area contributed by atoms with Crippen LogP contribution in [0.15, 0.2) is 54.6 Å². The van der Waals surface area contributed by atoms with Crippen molar-refractivity contribution in [2.75, 3.05) is 30.6 Å². The third-order valence-corrected chi connectivity index (χ3v) is 6.16. The van der Waals surface area contributed by atoms with Gasteiger partial charge >= 0.3 is 0 Å². The molecular formula is C25H29N7O4. The lowest BCUT2D eigenvalue weighted by Crippen LogP contribution is -2.61. The van der Waals surface area contributed by atoms with Crippen molar-refractivity contribution in [1.82, 2.24) is 25.8 Å². The molecule has 0 bridgehead atoms. The van der Waals surface area contributed by atoms with Gasteiger partial charge in [-0.15, -0.1) is 0 Å². The van der Waals surface area contributed by atoms with Crippen LogP contribution in [-0.4, -0.2) is 48.0 Å². The number of nitrogens with zero attached hydrogens (tertiary/aromatic N) is 3. The molecule has 11 nitrogen and oxygen atoms in total. The summed E-state index contributed by atoms with van der Waals surface area (Å²) in [6.45, 7) is 4.18. The molecule has 3 unspecified atom stereocenters. The zero-order valence-electron chi connectivity index (χ0n) is 20.3. The highest BCUT2D eigenvalue weighted by atomic mass is 16.5. The van der Waals surface area contributed by atoms with E-state index in [0.29, 0.717) is 29.6 Å². The molecule has 0 radical (unpaired) electrons. The smallest absolute Gasteiger partial charge is 0.263 e. The van der Waals surface area contributed by atoms with E-state index in [9.17, 15) is 9.59 Å². The number of carbonyl (C=O) groups excluding carboxylic acids is 2. The Morgan fingerprint density at radius 1 is 1.14 bits per heavy atom. The van der Waals surface area contributed by atoms with Gasteiger partial charge in [0.25, 0.3) is 5.91 Å². The number of carbonyl (C=O) groups is 2. The van der Waals surface area contributed by atoms with Crippen LogP contribution < -0.4 is 35.9 Å². The Balaban J connectivity index is 1.29. The van der Waals surface area contributed by atoms with E-state index in [1.807, 2.05) is 37.1 Å². The zero-order valence-corrected chi connectivity index (χ0v) is 20.3. The van der Waals surface area contributed by atoms with E-state index in [2.05, 4.69) is 32.5 Å². The summed E-state index contributed by atoms with van der Waals surface area (Å²) in [6, 6.07) is 16.8. The van der Waals surface area contributed by atoms with Crippen LogP contribution >= 0.6 is 0 Å². The first kappa shape index (κ1) is 23.6. The maximum absolute atomic E-state index is 13.0. The van der Waals surface area contributed by atoms with E-state index in [4.69, 9.17) is 9.47 Å². The normalized spacial score (nSPS) is 21.0. The molecule has 4 N–H and O–H groups in total. The van der Waals surface area contributed by atoms with Crippen LogP contribution in [-0.2, 0) is 9.59 Å². The molecule has 0 spiro atoms. The van der Waals surface area contributed by atoms with Gasteiger partial charge in [0.1, 0.15) is 23.5 Å². The Kier molecular flexibility index (Phi) is 6.49. The first-order chi connectivity index (χ1) is 17.4. The minimum absolute atomic E-state index is 0.0975. The van der Waals surface area contributed by atoms with Crippen molar-refractivity contribution in [2.45, 2.75) is 26.3 Å². The maximum atomic E-state index is 13.0. The molecule has 36 heavy (non-hydrogen) atoms. The summed E-state index contributed by atoms with van der Waals surface area (Å²) in [7, 11) is 1.58. The number of nitrogens with one attached hydrogen (secondary N) is 4. The van der Waals surface area contributed by atoms with Gasteiger partial charge in [0, 0.05) is 12.6 Å². The Morgan fingerprint density at radius 3 is 2.67 bits per heavy atom. The minimum Gasteiger partial charge on any atom is -0.497 e. The Hall–Kier alpha value is -4.09. The van der Waals surface area contributed by atoms with Crippen LogP contribution in [0.3, 0.4) is 0 Å². The van der Waals surface area contributed by atoms with Crippen molar-refractivity contribution >= 4 is 23.3 Å². The Labute approximate surface area is 208 Å². The summed E-state index contributed by atoms with van der Waals surface area (Å²) >= 11 is 0. The average Bonchev–Trinajstić information content (AvgIpc) is 3.46. The van der Waals surface area contributed by atoms with E-state index in [0.717, 1.165) is 11.3 Å². The summed E-state index contributed by atoms with van der Waals surface area (Å²) in [4.78, 5) is 25.6. The first-order valence-corrected chi connectivity index (χ1v) is 11.7. The van der Waals surface area contributed by atoms with Crippen molar-refractivity contribution < 1.29 is 19.1 Å². The van der Waals surface area contributed by atoms with Crippen molar-refractivity contribution in [3.05, 3.63) is 65.9 Å². The third-order valence-electron chi connectivity index (χ3n) is 6.16. The van der Waals surface area contributed by atoms with Crippen LogP contribution in [0.5, 0.6) is 11.5 Å². The number of benzene rings is 2. The van der Waals surface area contributed by atoms with E-state index >= 15 is 0 Å². The lowest BCUT2D eigenvalue weighted by molar-refractivity contribution is -0.129. The van der Waals surface area contributed by atoms with Crippen LogP contribution in [0.4, 0.5) is 11.5 Å². The van der Waals surface area contributed by atoms with Crippen LogP contribution in [0.1, 0.15) is 17.5 Å². The molecule has 5 rings (SSSR count). The maximum Gasteiger partial charge on any atom is 0.263 e. The predicted octanol–water partition coefficient (Wildman–Crippen LogP) is 1.67.